The van der Waals surface area contributed by atoms with Gasteiger partial charge in [-0.2, -0.15) is 13.2 Å². The van der Waals surface area contributed by atoms with E-state index in [1.807, 2.05) is 4.72 Å². The summed E-state index contributed by atoms with van der Waals surface area (Å²) in [4.78, 5) is 19.2. The molecule has 0 atom stereocenters. The molecule has 0 unspecified atom stereocenters. The Morgan fingerprint density at radius 2 is 1.62 bits per heavy atom. The second-order valence-electron chi connectivity index (χ2n) is 5.53. The maximum Gasteiger partial charge on any atom is 0.418 e. The molecule has 0 spiro atoms. The summed E-state index contributed by atoms with van der Waals surface area (Å²) in [6, 6.07) is 6.68. The van der Waals surface area contributed by atoms with Crippen molar-refractivity contribution in [2.45, 2.75) is 11.1 Å². The highest BCUT2D eigenvalue weighted by Gasteiger charge is 2.35. The molecule has 2 N–H and O–H groups in total. The third kappa shape index (κ3) is 5.39. The monoisotopic (exact) mass is 434 g/mol. The minimum Gasteiger partial charge on any atom is -0.383 e. The number of anilines is 1. The largest absolute Gasteiger partial charge is 0.418 e. The molecule has 0 saturated heterocycles. The smallest absolute Gasteiger partial charge is 0.383 e. The van der Waals surface area contributed by atoms with Crippen molar-refractivity contribution in [1.82, 2.24) is 4.72 Å². The molecule has 0 fully saturated rings. The average Bonchev–Trinajstić information content (AvgIpc) is 2.64. The normalized spacial score (nSPS) is 11.8. The van der Waals surface area contributed by atoms with Gasteiger partial charge in [0.15, 0.2) is 4.90 Å². The van der Waals surface area contributed by atoms with Crippen LogP contribution in [0.3, 0.4) is 0 Å². The predicted octanol–water partition coefficient (Wildman–Crippen LogP) is 2.91. The van der Waals surface area contributed by atoms with Crippen molar-refractivity contribution in [3.8, 4) is 0 Å². The van der Waals surface area contributed by atoms with Crippen LogP contribution in [0.4, 0.5) is 30.2 Å². The molecule has 0 aliphatic rings. The van der Waals surface area contributed by atoms with Gasteiger partial charge in [0.05, 0.1) is 15.4 Å². The number of halogens is 3. The van der Waals surface area contributed by atoms with E-state index in [4.69, 9.17) is 0 Å². The van der Waals surface area contributed by atoms with E-state index in [1.54, 1.807) is 0 Å². The second-order valence-corrected chi connectivity index (χ2v) is 7.27. The van der Waals surface area contributed by atoms with Gasteiger partial charge in [-0.25, -0.2) is 13.1 Å². The number of rotatable bonds is 8. The van der Waals surface area contributed by atoms with Gasteiger partial charge < -0.3 is 5.32 Å². The molecule has 0 heterocycles. The highest BCUT2D eigenvalue weighted by molar-refractivity contribution is 7.89. The molecule has 2 aromatic rings. The fraction of sp³-hybridized carbons (Fsp3) is 0.200. The molecule has 156 valence electrons. The Morgan fingerprint density at radius 1 is 0.966 bits per heavy atom. The third-order valence-corrected chi connectivity index (χ3v) is 5.11. The van der Waals surface area contributed by atoms with E-state index in [2.05, 4.69) is 5.32 Å². The van der Waals surface area contributed by atoms with Crippen LogP contribution in [0.25, 0.3) is 0 Å². The molecule has 0 aliphatic heterocycles. The van der Waals surface area contributed by atoms with E-state index in [0.29, 0.717) is 6.07 Å². The molecule has 29 heavy (non-hydrogen) atoms. The molecule has 2 aromatic carbocycles. The Bertz CT molecular complexity index is 1040. The Balaban J connectivity index is 2.11. The van der Waals surface area contributed by atoms with Crippen molar-refractivity contribution in [3.63, 3.8) is 0 Å². The first kappa shape index (κ1) is 22.0. The summed E-state index contributed by atoms with van der Waals surface area (Å²) in [5.41, 5.74) is -3.16. The summed E-state index contributed by atoms with van der Waals surface area (Å²) in [5.74, 6) is 0. The number of sulfonamides is 1. The lowest BCUT2D eigenvalue weighted by Crippen LogP contribution is -2.29. The number of alkyl halides is 3. The van der Waals surface area contributed by atoms with Gasteiger partial charge >= 0.3 is 6.18 Å². The summed E-state index contributed by atoms with van der Waals surface area (Å²) < 4.78 is 65.8. The van der Waals surface area contributed by atoms with Gasteiger partial charge in [0.25, 0.3) is 11.4 Å². The van der Waals surface area contributed by atoms with Crippen LogP contribution in [-0.4, -0.2) is 31.4 Å². The fourth-order valence-corrected chi connectivity index (χ4v) is 3.53. The number of hydrogen-bond acceptors (Lipinski definition) is 7. The number of nitrogens with one attached hydrogen (secondary N) is 2. The lowest BCUT2D eigenvalue weighted by Gasteiger charge is -2.14. The number of nitro benzene ring substituents is 2. The van der Waals surface area contributed by atoms with Crippen LogP contribution in [0.1, 0.15) is 5.56 Å². The van der Waals surface area contributed by atoms with Crippen molar-refractivity contribution in [2.75, 3.05) is 18.4 Å². The topological polar surface area (TPSA) is 144 Å². The number of nitrogens with zero attached hydrogens (tertiary/aromatic N) is 2. The molecule has 0 bridgehead atoms. The van der Waals surface area contributed by atoms with Crippen LogP contribution in [0.15, 0.2) is 47.4 Å². The number of non-ortho nitro benzene ring substituents is 1. The van der Waals surface area contributed by atoms with Crippen LogP contribution in [0.2, 0.25) is 0 Å². The summed E-state index contributed by atoms with van der Waals surface area (Å²) in [5, 5.41) is 23.9. The Hall–Kier alpha value is -3.26. The van der Waals surface area contributed by atoms with E-state index in [9.17, 15) is 41.8 Å². The van der Waals surface area contributed by atoms with Crippen molar-refractivity contribution in [2.24, 2.45) is 0 Å². The molecule has 0 aliphatic carbocycles. The Labute approximate surface area is 161 Å². The first-order valence-corrected chi connectivity index (χ1v) is 9.24. The lowest BCUT2D eigenvalue weighted by atomic mass is 10.1. The zero-order valence-corrected chi connectivity index (χ0v) is 15.2. The van der Waals surface area contributed by atoms with E-state index in [1.165, 1.54) is 12.1 Å². The zero-order valence-electron chi connectivity index (χ0n) is 14.3. The minimum atomic E-state index is -4.88. The van der Waals surface area contributed by atoms with Gasteiger partial charge in [0, 0.05) is 37.0 Å². The van der Waals surface area contributed by atoms with Gasteiger partial charge in [-0.15, -0.1) is 0 Å². The van der Waals surface area contributed by atoms with Gasteiger partial charge in [0.2, 0.25) is 10.0 Å². The molecule has 0 amide bonds. The molecular weight excluding hydrogens is 421 g/mol. The SMILES string of the molecule is O=[N+]([O-])c1ccc(NCCNS(=O)(=O)c2ccccc2[N+](=O)[O-])c(C(F)(F)F)c1. The molecule has 10 nitrogen and oxygen atoms in total. The average molecular weight is 434 g/mol. The number of nitro groups is 2. The Kier molecular flexibility index (Phi) is 6.38. The predicted molar refractivity (Wildman–Crippen MR) is 94.9 cm³/mol. The standard InChI is InChI=1S/C15H13F3N4O6S/c16-15(17,18)11-9-10(21(23)24)5-6-12(11)19-7-8-20-29(27,28)14-4-2-1-3-13(14)22(25)26/h1-6,9,19-20H,7-8H2. The van der Waals surface area contributed by atoms with Gasteiger partial charge in [-0.3, -0.25) is 20.2 Å². The maximum absolute atomic E-state index is 13.1. The summed E-state index contributed by atoms with van der Waals surface area (Å²) >= 11 is 0. The van der Waals surface area contributed by atoms with Crippen LogP contribution in [0.5, 0.6) is 0 Å². The van der Waals surface area contributed by atoms with Gasteiger partial charge in [-0.1, -0.05) is 12.1 Å². The molecule has 0 radical (unpaired) electrons. The highest BCUT2D eigenvalue weighted by Crippen LogP contribution is 2.37. The van der Waals surface area contributed by atoms with E-state index >= 15 is 0 Å². The van der Waals surface area contributed by atoms with Crippen LogP contribution in [0, 0.1) is 20.2 Å². The van der Waals surface area contributed by atoms with Crippen molar-refractivity contribution in [1.29, 1.82) is 0 Å². The van der Waals surface area contributed by atoms with Crippen LogP contribution < -0.4 is 10.0 Å². The Morgan fingerprint density at radius 3 is 2.21 bits per heavy atom. The molecule has 14 heteroatoms. The summed E-state index contributed by atoms with van der Waals surface area (Å²) in [7, 11) is -4.29. The molecule has 0 saturated carbocycles. The zero-order chi connectivity index (χ0) is 21.8. The first-order chi connectivity index (χ1) is 13.4. The van der Waals surface area contributed by atoms with Crippen LogP contribution >= 0.6 is 0 Å². The molecule has 2 rings (SSSR count). The van der Waals surface area contributed by atoms with E-state index in [0.717, 1.165) is 24.3 Å². The van der Waals surface area contributed by atoms with Crippen molar-refractivity contribution >= 4 is 27.1 Å². The third-order valence-electron chi connectivity index (χ3n) is 3.60. The molecular formula is C15H13F3N4O6S. The van der Waals surface area contributed by atoms with Crippen LogP contribution in [-0.2, 0) is 16.2 Å². The lowest BCUT2D eigenvalue weighted by molar-refractivity contribution is -0.387. The number of hydrogen-bond donors (Lipinski definition) is 2. The molecule has 0 aromatic heterocycles. The highest BCUT2D eigenvalue weighted by atomic mass is 32.2. The number of para-hydroxylation sites is 1. The first-order valence-electron chi connectivity index (χ1n) is 7.76. The summed E-state index contributed by atoms with van der Waals surface area (Å²) in [6.07, 6.45) is -4.88. The quantitative estimate of drug-likeness (QED) is 0.369. The second kappa shape index (κ2) is 8.40. The van der Waals surface area contributed by atoms with Crippen molar-refractivity contribution < 1.29 is 31.4 Å². The van der Waals surface area contributed by atoms with E-state index < -0.39 is 60.1 Å². The van der Waals surface area contributed by atoms with Gasteiger partial charge in [0.1, 0.15) is 0 Å². The fourth-order valence-electron chi connectivity index (χ4n) is 2.33. The minimum absolute atomic E-state index is 0.319. The van der Waals surface area contributed by atoms with Crippen molar-refractivity contribution in [3.05, 3.63) is 68.3 Å². The summed E-state index contributed by atoms with van der Waals surface area (Å²) in [6.45, 7) is -0.719. The maximum atomic E-state index is 13.1. The van der Waals surface area contributed by atoms with E-state index in [-0.39, 0.29) is 6.54 Å². The van der Waals surface area contributed by atoms with Gasteiger partial charge in [-0.05, 0) is 12.1 Å². The number of benzene rings is 2.